The molecule has 0 amide bonds. The average Bonchev–Trinajstić information content (AvgIpc) is 3.17. The van der Waals surface area contributed by atoms with E-state index < -0.39 is 11.3 Å². The number of benzene rings is 2. The van der Waals surface area contributed by atoms with Gasteiger partial charge in [-0.15, -0.1) is 0 Å². The zero-order valence-corrected chi connectivity index (χ0v) is 17.3. The van der Waals surface area contributed by atoms with Crippen molar-refractivity contribution in [3.05, 3.63) is 58.7 Å². The maximum Gasteiger partial charge on any atom is 0.232 e. The first-order valence-electron chi connectivity index (χ1n) is 8.47. The van der Waals surface area contributed by atoms with Gasteiger partial charge in [-0.25, -0.2) is 13.9 Å². The van der Waals surface area contributed by atoms with E-state index in [-0.39, 0.29) is 13.3 Å². The summed E-state index contributed by atoms with van der Waals surface area (Å²) in [6.45, 7) is 0.428. The first-order valence-corrected chi connectivity index (χ1v) is 10.4. The predicted molar refractivity (Wildman–Crippen MR) is 113 cm³/mol. The van der Waals surface area contributed by atoms with E-state index in [1.54, 1.807) is 6.20 Å². The lowest BCUT2D eigenvalue weighted by Crippen LogP contribution is -2.16. The number of aromatic nitrogens is 2. The first-order chi connectivity index (χ1) is 14.1. The summed E-state index contributed by atoms with van der Waals surface area (Å²) in [5.41, 5.74) is 2.32. The highest BCUT2D eigenvalue weighted by Crippen LogP contribution is 2.35. The molecule has 4 rings (SSSR count). The smallest absolute Gasteiger partial charge is 0.232 e. The molecule has 0 spiro atoms. The molecule has 0 saturated carbocycles. The molecular formula is C18H16BrN5O4S. The fourth-order valence-electron chi connectivity index (χ4n) is 2.68. The van der Waals surface area contributed by atoms with Crippen molar-refractivity contribution < 1.29 is 18.2 Å². The second kappa shape index (κ2) is 8.74. The molecule has 3 aromatic rings. The lowest BCUT2D eigenvalue weighted by Gasteiger charge is -2.13. The van der Waals surface area contributed by atoms with Crippen LogP contribution < -0.4 is 24.8 Å². The molecule has 29 heavy (non-hydrogen) atoms. The van der Waals surface area contributed by atoms with Crippen molar-refractivity contribution in [1.82, 2.24) is 14.7 Å². The molecule has 1 aromatic heterocycles. The summed E-state index contributed by atoms with van der Waals surface area (Å²) in [6.07, 6.45) is 1.63. The average molecular weight is 478 g/mol. The molecular weight excluding hydrogens is 462 g/mol. The number of nitrogens with zero attached hydrogens (tertiary/aromatic N) is 2. The van der Waals surface area contributed by atoms with E-state index in [2.05, 4.69) is 41.3 Å². The Labute approximate surface area is 177 Å². The van der Waals surface area contributed by atoms with Crippen LogP contribution in [0.3, 0.4) is 0 Å². The minimum Gasteiger partial charge on any atom is -0.454 e. The molecule has 2 heterocycles. The van der Waals surface area contributed by atoms with Crippen LogP contribution in [0.4, 0.5) is 23.1 Å². The van der Waals surface area contributed by atoms with Crippen LogP contribution >= 0.6 is 15.9 Å². The van der Waals surface area contributed by atoms with Gasteiger partial charge in [0.05, 0.1) is 4.47 Å². The standard InChI is InChI=1S/C18H16BrN5O4S/c19-13-9-20-18(22-12-5-6-15-16(7-12)28-10-27-15)24-17(13)23-14-4-2-1-3-11(14)8-21-29(25)26/h1-7,9,21H,8,10H2,(H,25,26)(H2,20,22,23,24). The Morgan fingerprint density at radius 2 is 1.97 bits per heavy atom. The largest absolute Gasteiger partial charge is 0.454 e. The zero-order valence-electron chi connectivity index (χ0n) is 14.9. The topological polar surface area (TPSA) is 118 Å². The Balaban J connectivity index is 1.54. The number of rotatable bonds is 7. The number of halogens is 1. The molecule has 4 N–H and O–H groups in total. The van der Waals surface area contributed by atoms with Gasteiger partial charge in [-0.05, 0) is 39.7 Å². The Kier molecular flexibility index (Phi) is 5.90. The molecule has 0 aliphatic carbocycles. The van der Waals surface area contributed by atoms with Crippen LogP contribution in [0.15, 0.2) is 53.1 Å². The number of hydrogen-bond donors (Lipinski definition) is 4. The second-order valence-corrected chi connectivity index (χ2v) is 7.58. The second-order valence-electron chi connectivity index (χ2n) is 5.94. The summed E-state index contributed by atoms with van der Waals surface area (Å²) in [6, 6.07) is 12.9. The van der Waals surface area contributed by atoms with E-state index in [0.717, 1.165) is 16.9 Å². The van der Waals surface area contributed by atoms with E-state index in [9.17, 15) is 4.21 Å². The van der Waals surface area contributed by atoms with Crippen LogP contribution in [0, 0.1) is 0 Å². The van der Waals surface area contributed by atoms with Crippen molar-refractivity contribution in [3.63, 3.8) is 0 Å². The third-order valence-electron chi connectivity index (χ3n) is 4.03. The molecule has 1 aliphatic heterocycles. The molecule has 9 nitrogen and oxygen atoms in total. The molecule has 1 unspecified atom stereocenters. The van der Waals surface area contributed by atoms with Crippen molar-refractivity contribution in [1.29, 1.82) is 0 Å². The van der Waals surface area contributed by atoms with Crippen LogP contribution in [0.5, 0.6) is 11.5 Å². The van der Waals surface area contributed by atoms with Gasteiger partial charge in [0.2, 0.25) is 24.0 Å². The number of nitrogens with one attached hydrogen (secondary N) is 3. The Bertz CT molecular complexity index is 1070. The molecule has 0 radical (unpaired) electrons. The number of anilines is 4. The highest BCUT2D eigenvalue weighted by atomic mass is 79.9. The van der Waals surface area contributed by atoms with Gasteiger partial charge in [-0.2, -0.15) is 4.98 Å². The summed E-state index contributed by atoms with van der Waals surface area (Å²) >= 11 is 1.35. The molecule has 11 heteroatoms. The Hall–Kier alpha value is -2.73. The Morgan fingerprint density at radius 3 is 2.83 bits per heavy atom. The monoisotopic (exact) mass is 477 g/mol. The minimum atomic E-state index is -2.09. The normalized spacial score (nSPS) is 13.2. The fraction of sp³-hybridized carbons (Fsp3) is 0.111. The Morgan fingerprint density at radius 1 is 1.14 bits per heavy atom. The fourth-order valence-corrected chi connectivity index (χ4v) is 3.25. The molecule has 2 aromatic carbocycles. The van der Waals surface area contributed by atoms with Gasteiger partial charge in [-0.1, -0.05) is 18.2 Å². The van der Waals surface area contributed by atoms with Gasteiger partial charge in [-0.3, -0.25) is 4.55 Å². The zero-order chi connectivity index (χ0) is 20.2. The number of para-hydroxylation sites is 1. The highest BCUT2D eigenvalue weighted by molar-refractivity contribution is 9.10. The third kappa shape index (κ3) is 4.82. The lowest BCUT2D eigenvalue weighted by atomic mass is 10.2. The van der Waals surface area contributed by atoms with Crippen LogP contribution in [0.25, 0.3) is 0 Å². The van der Waals surface area contributed by atoms with E-state index in [1.807, 2.05) is 42.5 Å². The van der Waals surface area contributed by atoms with Crippen molar-refractivity contribution >= 4 is 50.3 Å². The summed E-state index contributed by atoms with van der Waals surface area (Å²) in [5, 5.41) is 6.37. The van der Waals surface area contributed by atoms with E-state index >= 15 is 0 Å². The van der Waals surface area contributed by atoms with Crippen molar-refractivity contribution in [3.8, 4) is 11.5 Å². The lowest BCUT2D eigenvalue weighted by molar-refractivity contribution is 0.174. The van der Waals surface area contributed by atoms with Crippen LogP contribution in [0.2, 0.25) is 0 Å². The van der Waals surface area contributed by atoms with Crippen LogP contribution in [-0.2, 0) is 17.8 Å². The predicted octanol–water partition coefficient (Wildman–Crippen LogP) is 3.68. The summed E-state index contributed by atoms with van der Waals surface area (Å²) in [5.74, 6) is 2.29. The summed E-state index contributed by atoms with van der Waals surface area (Å²) < 4.78 is 33.7. The number of hydrogen-bond acceptors (Lipinski definition) is 7. The van der Waals surface area contributed by atoms with Gasteiger partial charge < -0.3 is 20.1 Å². The number of fused-ring (bicyclic) bond motifs is 1. The number of ether oxygens (including phenoxy) is 2. The van der Waals surface area contributed by atoms with Crippen LogP contribution in [0.1, 0.15) is 5.56 Å². The molecule has 1 atom stereocenters. The van der Waals surface area contributed by atoms with E-state index in [1.165, 1.54) is 0 Å². The SMILES string of the molecule is O=S(O)NCc1ccccc1Nc1nc(Nc2ccc3c(c2)OCO3)ncc1Br. The molecule has 1 aliphatic rings. The van der Waals surface area contributed by atoms with Crippen molar-refractivity contribution in [2.24, 2.45) is 0 Å². The van der Waals surface area contributed by atoms with Gasteiger partial charge in [0.15, 0.2) is 11.5 Å². The summed E-state index contributed by atoms with van der Waals surface area (Å²) in [4.78, 5) is 8.80. The maximum atomic E-state index is 10.9. The molecule has 150 valence electrons. The van der Waals surface area contributed by atoms with Gasteiger partial charge in [0.25, 0.3) is 0 Å². The van der Waals surface area contributed by atoms with E-state index in [4.69, 9.17) is 14.0 Å². The van der Waals surface area contributed by atoms with Gasteiger partial charge in [0, 0.05) is 30.2 Å². The van der Waals surface area contributed by atoms with Gasteiger partial charge in [0.1, 0.15) is 5.82 Å². The third-order valence-corrected chi connectivity index (χ3v) is 5.00. The quantitative estimate of drug-likeness (QED) is 0.380. The highest BCUT2D eigenvalue weighted by Gasteiger charge is 2.14. The minimum absolute atomic E-state index is 0.208. The van der Waals surface area contributed by atoms with Crippen molar-refractivity contribution in [2.45, 2.75) is 6.54 Å². The van der Waals surface area contributed by atoms with E-state index in [0.29, 0.717) is 27.7 Å². The molecule has 0 saturated heterocycles. The van der Waals surface area contributed by atoms with Gasteiger partial charge >= 0.3 is 0 Å². The molecule has 0 fully saturated rings. The molecule has 0 bridgehead atoms. The maximum absolute atomic E-state index is 10.9. The first kappa shape index (κ1) is 19.6. The van der Waals surface area contributed by atoms with Crippen LogP contribution in [-0.4, -0.2) is 25.5 Å². The summed E-state index contributed by atoms with van der Waals surface area (Å²) in [7, 11) is 0. The van der Waals surface area contributed by atoms with Crippen molar-refractivity contribution in [2.75, 3.05) is 17.4 Å².